The van der Waals surface area contributed by atoms with Crippen LogP contribution in [0.3, 0.4) is 0 Å². The Balaban J connectivity index is 1.38. The molecule has 0 bridgehead atoms. The molecule has 0 aliphatic heterocycles. The largest absolute Gasteiger partial charge is 0.357 e. The molecule has 0 unspecified atom stereocenters. The molecule has 1 aliphatic carbocycles. The van der Waals surface area contributed by atoms with Crippen LogP contribution in [0.1, 0.15) is 31.2 Å². The number of nitrogens with one attached hydrogen (secondary N) is 2. The van der Waals surface area contributed by atoms with Gasteiger partial charge in [0.1, 0.15) is 5.82 Å². The van der Waals surface area contributed by atoms with E-state index in [0.29, 0.717) is 0 Å². The van der Waals surface area contributed by atoms with Crippen molar-refractivity contribution in [1.29, 1.82) is 0 Å². The van der Waals surface area contributed by atoms with E-state index in [-0.39, 0.29) is 5.41 Å². The Morgan fingerprint density at radius 1 is 1.18 bits per heavy atom. The van der Waals surface area contributed by atoms with Crippen LogP contribution in [0, 0.1) is 0 Å². The zero-order valence-electron chi connectivity index (χ0n) is 16.0. The van der Waals surface area contributed by atoms with E-state index in [1.807, 2.05) is 28.8 Å². The topological polar surface area (TPSA) is 66.6 Å². The first kappa shape index (κ1) is 18.9. The third kappa shape index (κ3) is 4.19. The van der Waals surface area contributed by atoms with E-state index in [1.54, 1.807) is 0 Å². The van der Waals surface area contributed by atoms with Gasteiger partial charge in [-0.1, -0.05) is 34.1 Å². The monoisotopic (exact) mass is 440 g/mol. The quantitative estimate of drug-likeness (QED) is 0.436. The lowest BCUT2D eigenvalue weighted by Gasteiger charge is -2.16. The van der Waals surface area contributed by atoms with Crippen molar-refractivity contribution in [3.63, 3.8) is 0 Å². The number of nitrogens with zero attached hydrogens (tertiary/aromatic N) is 4. The van der Waals surface area contributed by atoms with Gasteiger partial charge < -0.3 is 10.6 Å². The first-order valence-corrected chi connectivity index (χ1v) is 10.6. The highest BCUT2D eigenvalue weighted by atomic mass is 79.9. The second-order valence-corrected chi connectivity index (χ2v) is 8.12. The van der Waals surface area contributed by atoms with Gasteiger partial charge in [0, 0.05) is 35.6 Å². The number of fused-ring (bicyclic) bond motifs is 1. The molecule has 1 aliphatic rings. The molecule has 146 valence electrons. The van der Waals surface area contributed by atoms with Crippen molar-refractivity contribution >= 4 is 27.5 Å². The van der Waals surface area contributed by atoms with Crippen LogP contribution in [0.25, 0.3) is 5.65 Å². The molecule has 1 aromatic carbocycles. The van der Waals surface area contributed by atoms with Crippen LogP contribution in [0.4, 0.5) is 0 Å². The molecule has 2 aromatic heterocycles. The molecule has 0 amide bonds. The minimum Gasteiger partial charge on any atom is -0.357 e. The Bertz CT molecular complexity index is 976. The minimum absolute atomic E-state index is 0.190. The van der Waals surface area contributed by atoms with Gasteiger partial charge in [-0.15, -0.1) is 10.2 Å². The van der Waals surface area contributed by atoms with Crippen LogP contribution in [-0.2, 0) is 11.8 Å². The van der Waals surface area contributed by atoms with E-state index >= 15 is 0 Å². The fourth-order valence-corrected chi connectivity index (χ4v) is 3.83. The molecule has 2 heterocycles. The summed E-state index contributed by atoms with van der Waals surface area (Å²) in [5, 5.41) is 15.3. The SMILES string of the molecule is CCNC(=NCC1(c2cccc(Br)c2)CC1)NCCc1nnc2ccccn12. The summed E-state index contributed by atoms with van der Waals surface area (Å²) in [6.45, 7) is 4.48. The summed E-state index contributed by atoms with van der Waals surface area (Å²) in [6, 6.07) is 14.5. The highest BCUT2D eigenvalue weighted by molar-refractivity contribution is 9.10. The molecule has 0 spiro atoms. The number of pyridine rings is 1. The molecule has 3 aromatic rings. The Hall–Kier alpha value is -2.41. The van der Waals surface area contributed by atoms with Crippen molar-refractivity contribution in [2.75, 3.05) is 19.6 Å². The molecule has 1 fully saturated rings. The molecule has 6 nitrogen and oxygen atoms in total. The maximum atomic E-state index is 4.87. The number of aromatic nitrogens is 3. The van der Waals surface area contributed by atoms with Gasteiger partial charge in [-0.3, -0.25) is 9.39 Å². The summed E-state index contributed by atoms with van der Waals surface area (Å²) < 4.78 is 3.16. The van der Waals surface area contributed by atoms with Crippen molar-refractivity contribution in [2.24, 2.45) is 4.99 Å². The standard InChI is InChI=1S/C21H25BrN6/c1-2-23-20(24-12-9-19-27-26-18-8-3-4-13-28(18)19)25-15-21(10-11-21)16-6-5-7-17(22)14-16/h3-8,13-14H,2,9-12,15H2,1H3,(H2,23,24,25). The smallest absolute Gasteiger partial charge is 0.191 e. The van der Waals surface area contributed by atoms with Gasteiger partial charge in [-0.25, -0.2) is 0 Å². The second kappa shape index (κ2) is 8.31. The maximum Gasteiger partial charge on any atom is 0.191 e. The summed E-state index contributed by atoms with van der Waals surface area (Å²) in [5.41, 5.74) is 2.44. The number of halogens is 1. The lowest BCUT2D eigenvalue weighted by atomic mass is 9.96. The van der Waals surface area contributed by atoms with Crippen molar-refractivity contribution in [2.45, 2.75) is 31.6 Å². The van der Waals surface area contributed by atoms with E-state index < -0.39 is 0 Å². The van der Waals surface area contributed by atoms with Gasteiger partial charge >= 0.3 is 0 Å². The second-order valence-electron chi connectivity index (χ2n) is 7.21. The fraction of sp³-hybridized carbons (Fsp3) is 0.381. The summed E-state index contributed by atoms with van der Waals surface area (Å²) in [4.78, 5) is 4.87. The molecule has 28 heavy (non-hydrogen) atoms. The van der Waals surface area contributed by atoms with Crippen molar-refractivity contribution < 1.29 is 0 Å². The number of aliphatic imine (C=N–C) groups is 1. The predicted molar refractivity (Wildman–Crippen MR) is 116 cm³/mol. The van der Waals surface area contributed by atoms with Crippen molar-refractivity contribution in [3.8, 4) is 0 Å². The van der Waals surface area contributed by atoms with Gasteiger partial charge in [0.25, 0.3) is 0 Å². The highest BCUT2D eigenvalue weighted by Crippen LogP contribution is 2.48. The maximum absolute atomic E-state index is 4.87. The van der Waals surface area contributed by atoms with Crippen LogP contribution in [0.2, 0.25) is 0 Å². The number of rotatable bonds is 7. The van der Waals surface area contributed by atoms with Crippen LogP contribution < -0.4 is 10.6 Å². The Labute approximate surface area is 173 Å². The summed E-state index contributed by atoms with van der Waals surface area (Å²) in [5.74, 6) is 1.81. The number of guanidine groups is 1. The molecule has 0 radical (unpaired) electrons. The number of benzene rings is 1. The van der Waals surface area contributed by atoms with Gasteiger partial charge in [0.2, 0.25) is 0 Å². The average Bonchev–Trinajstić information content (AvgIpc) is 3.40. The highest BCUT2D eigenvalue weighted by Gasteiger charge is 2.44. The summed E-state index contributed by atoms with van der Waals surface area (Å²) in [7, 11) is 0. The minimum atomic E-state index is 0.190. The number of hydrogen-bond acceptors (Lipinski definition) is 3. The zero-order valence-corrected chi connectivity index (χ0v) is 17.6. The Morgan fingerprint density at radius 3 is 2.86 bits per heavy atom. The van der Waals surface area contributed by atoms with Crippen molar-refractivity contribution in [3.05, 3.63) is 64.5 Å². The first-order chi connectivity index (χ1) is 13.7. The van der Waals surface area contributed by atoms with Gasteiger partial charge in [0.15, 0.2) is 11.6 Å². The summed E-state index contributed by atoms with van der Waals surface area (Å²) in [6.07, 6.45) is 5.17. The molecule has 4 rings (SSSR count). The number of hydrogen-bond donors (Lipinski definition) is 2. The molecule has 2 N–H and O–H groups in total. The fourth-order valence-electron chi connectivity index (χ4n) is 3.43. The van der Waals surface area contributed by atoms with Gasteiger partial charge in [-0.2, -0.15) is 0 Å². The first-order valence-electron chi connectivity index (χ1n) is 9.77. The predicted octanol–water partition coefficient (Wildman–Crippen LogP) is 3.32. The lowest BCUT2D eigenvalue weighted by molar-refractivity contribution is 0.689. The van der Waals surface area contributed by atoms with Crippen molar-refractivity contribution in [1.82, 2.24) is 25.2 Å². The normalized spacial score (nSPS) is 15.6. The van der Waals surface area contributed by atoms with Crippen LogP contribution >= 0.6 is 15.9 Å². The molecule has 1 saturated carbocycles. The van der Waals surface area contributed by atoms with E-state index in [9.17, 15) is 0 Å². The van der Waals surface area contributed by atoms with Gasteiger partial charge in [-0.05, 0) is 49.6 Å². The van der Waals surface area contributed by atoms with Crippen LogP contribution in [0.5, 0.6) is 0 Å². The van der Waals surface area contributed by atoms with Gasteiger partial charge in [0.05, 0.1) is 6.54 Å². The van der Waals surface area contributed by atoms with E-state index in [1.165, 1.54) is 18.4 Å². The zero-order chi connectivity index (χ0) is 19.4. The van der Waals surface area contributed by atoms with Crippen LogP contribution in [-0.4, -0.2) is 40.2 Å². The van der Waals surface area contributed by atoms with E-state index in [2.05, 4.69) is 68.0 Å². The average molecular weight is 441 g/mol. The molecule has 0 atom stereocenters. The third-order valence-electron chi connectivity index (χ3n) is 5.20. The van der Waals surface area contributed by atoms with E-state index in [4.69, 9.17) is 4.99 Å². The summed E-state index contributed by atoms with van der Waals surface area (Å²) >= 11 is 3.58. The lowest BCUT2D eigenvalue weighted by Crippen LogP contribution is -2.39. The third-order valence-corrected chi connectivity index (χ3v) is 5.69. The Morgan fingerprint density at radius 2 is 2.07 bits per heavy atom. The molecule has 0 saturated heterocycles. The van der Waals surface area contributed by atoms with E-state index in [0.717, 1.165) is 48.0 Å². The molecule has 7 heteroatoms. The molecular formula is C21H25BrN6. The Kier molecular flexibility index (Phi) is 5.62. The van der Waals surface area contributed by atoms with Crippen LogP contribution in [0.15, 0.2) is 58.1 Å². The molecular weight excluding hydrogens is 416 g/mol.